The van der Waals surface area contributed by atoms with Crippen molar-refractivity contribution < 1.29 is 4.79 Å². The highest BCUT2D eigenvalue weighted by molar-refractivity contribution is 14.1. The number of halogens is 3. The largest absolute Gasteiger partial charge is 0.334 e. The summed E-state index contributed by atoms with van der Waals surface area (Å²) in [7, 11) is 0. The third-order valence-corrected chi connectivity index (χ3v) is 5.36. The normalized spacial score (nSPS) is 22.3. The predicted molar refractivity (Wildman–Crippen MR) is 93.7 cm³/mol. The highest BCUT2D eigenvalue weighted by Gasteiger charge is 2.31. The van der Waals surface area contributed by atoms with Gasteiger partial charge in [-0.25, -0.2) is 0 Å². The van der Waals surface area contributed by atoms with Gasteiger partial charge >= 0.3 is 0 Å². The first-order valence-corrected chi connectivity index (χ1v) is 7.96. The lowest BCUT2D eigenvalue weighted by Gasteiger charge is -2.39. The van der Waals surface area contributed by atoms with Crippen LogP contribution in [0.5, 0.6) is 0 Å². The molecule has 2 unspecified atom stereocenters. The molecule has 112 valence electrons. The Balaban J connectivity index is 0.00000200. The Morgan fingerprint density at radius 3 is 2.85 bits per heavy atom. The van der Waals surface area contributed by atoms with Crippen molar-refractivity contribution in [3.8, 4) is 0 Å². The van der Waals surface area contributed by atoms with Crippen LogP contribution in [0.25, 0.3) is 0 Å². The Hall–Kier alpha value is -0.0400. The number of nitrogens with zero attached hydrogens (tertiary/aromatic N) is 1. The van der Waals surface area contributed by atoms with Crippen molar-refractivity contribution in [2.75, 3.05) is 13.1 Å². The minimum atomic E-state index is 0. The van der Waals surface area contributed by atoms with Crippen molar-refractivity contribution >= 4 is 52.5 Å². The topological polar surface area (TPSA) is 46.3 Å². The van der Waals surface area contributed by atoms with Crippen molar-refractivity contribution in [2.45, 2.75) is 25.8 Å². The number of hydrogen-bond donors (Lipinski definition) is 1. The van der Waals surface area contributed by atoms with Crippen molar-refractivity contribution in [3.63, 3.8) is 0 Å². The number of hydrogen-bond acceptors (Lipinski definition) is 2. The van der Waals surface area contributed by atoms with E-state index in [9.17, 15) is 4.79 Å². The molecule has 2 rings (SSSR count). The second-order valence-electron chi connectivity index (χ2n) is 5.05. The van der Waals surface area contributed by atoms with E-state index in [1.807, 2.05) is 17.0 Å². The monoisotopic (exact) mass is 428 g/mol. The molecule has 0 saturated carbocycles. The zero-order chi connectivity index (χ0) is 14.0. The van der Waals surface area contributed by atoms with Gasteiger partial charge in [0.1, 0.15) is 0 Å². The molecule has 3 nitrogen and oxygen atoms in total. The number of rotatable bonds is 2. The molecule has 0 aromatic heterocycles. The molecule has 1 aromatic carbocycles. The second-order valence-corrected chi connectivity index (χ2v) is 6.62. The summed E-state index contributed by atoms with van der Waals surface area (Å²) in [5.74, 6) is 0.502. The summed E-state index contributed by atoms with van der Waals surface area (Å²) in [6.45, 7) is 3.47. The third-order valence-electron chi connectivity index (χ3n) is 3.78. The molecule has 1 aliphatic rings. The second kappa shape index (κ2) is 7.82. The fourth-order valence-electron chi connectivity index (χ4n) is 2.66. The SMILES string of the molecule is CC1CCCN(C(=O)c2ccc(I)c(Cl)c2)C1CN.Cl. The fourth-order valence-corrected chi connectivity index (χ4v) is 3.17. The maximum absolute atomic E-state index is 12.6. The predicted octanol–water partition coefficient (Wildman–Crippen LogP) is 3.57. The van der Waals surface area contributed by atoms with E-state index in [-0.39, 0.29) is 24.4 Å². The Morgan fingerprint density at radius 1 is 1.55 bits per heavy atom. The first-order valence-electron chi connectivity index (χ1n) is 6.50. The van der Waals surface area contributed by atoms with Crippen LogP contribution >= 0.6 is 46.6 Å². The van der Waals surface area contributed by atoms with Crippen LogP contribution < -0.4 is 5.73 Å². The molecule has 0 aliphatic carbocycles. The van der Waals surface area contributed by atoms with E-state index in [4.69, 9.17) is 17.3 Å². The Morgan fingerprint density at radius 2 is 2.25 bits per heavy atom. The Labute approximate surface area is 144 Å². The lowest BCUT2D eigenvalue weighted by Crippen LogP contribution is -2.51. The lowest BCUT2D eigenvalue weighted by molar-refractivity contribution is 0.0532. The van der Waals surface area contributed by atoms with Crippen LogP contribution in [0.15, 0.2) is 18.2 Å². The summed E-state index contributed by atoms with van der Waals surface area (Å²) in [5, 5.41) is 0.626. The van der Waals surface area contributed by atoms with E-state index in [2.05, 4.69) is 29.5 Å². The first kappa shape index (κ1) is 18.0. The molecule has 2 atom stereocenters. The summed E-state index contributed by atoms with van der Waals surface area (Å²) in [4.78, 5) is 14.5. The van der Waals surface area contributed by atoms with Gasteiger partial charge < -0.3 is 10.6 Å². The van der Waals surface area contributed by atoms with Crippen molar-refractivity contribution in [1.82, 2.24) is 4.90 Å². The zero-order valence-electron chi connectivity index (χ0n) is 11.3. The molecular weight excluding hydrogens is 410 g/mol. The molecule has 0 spiro atoms. The molecule has 0 radical (unpaired) electrons. The maximum atomic E-state index is 12.6. The van der Waals surface area contributed by atoms with Crippen molar-refractivity contribution in [3.05, 3.63) is 32.4 Å². The van der Waals surface area contributed by atoms with Gasteiger partial charge in [0.25, 0.3) is 5.91 Å². The van der Waals surface area contributed by atoms with Crippen molar-refractivity contribution in [1.29, 1.82) is 0 Å². The van der Waals surface area contributed by atoms with Gasteiger partial charge in [0.15, 0.2) is 0 Å². The third kappa shape index (κ3) is 3.78. The summed E-state index contributed by atoms with van der Waals surface area (Å²) in [6.07, 6.45) is 2.18. The van der Waals surface area contributed by atoms with Gasteiger partial charge in [0.2, 0.25) is 0 Å². The number of likely N-dealkylation sites (tertiary alicyclic amines) is 1. The van der Waals surface area contributed by atoms with Gasteiger partial charge in [-0.3, -0.25) is 4.79 Å². The van der Waals surface area contributed by atoms with Gasteiger partial charge in [-0.05, 0) is 59.5 Å². The van der Waals surface area contributed by atoms with E-state index in [0.29, 0.717) is 23.0 Å². The molecule has 1 amide bonds. The number of amides is 1. The highest BCUT2D eigenvalue weighted by atomic mass is 127. The van der Waals surface area contributed by atoms with E-state index in [1.54, 1.807) is 6.07 Å². The number of benzene rings is 1. The number of piperidine rings is 1. The Bertz CT molecular complexity index is 484. The van der Waals surface area contributed by atoms with Crippen LogP contribution in [0, 0.1) is 9.49 Å². The van der Waals surface area contributed by atoms with E-state index >= 15 is 0 Å². The summed E-state index contributed by atoms with van der Waals surface area (Å²) >= 11 is 8.25. The van der Waals surface area contributed by atoms with Crippen LogP contribution in [-0.2, 0) is 0 Å². The van der Waals surface area contributed by atoms with Crippen LogP contribution in [0.4, 0.5) is 0 Å². The Kier molecular flexibility index (Phi) is 7.04. The number of carbonyl (C=O) groups is 1. The summed E-state index contributed by atoms with van der Waals surface area (Å²) in [5.41, 5.74) is 6.48. The standard InChI is InChI=1S/C14H18ClIN2O.ClH/c1-9-3-2-6-18(13(9)8-17)14(19)10-4-5-12(16)11(15)7-10;/h4-5,7,9,13H,2-3,6,8,17H2,1H3;1H. The van der Waals surface area contributed by atoms with E-state index < -0.39 is 0 Å². The molecule has 1 aromatic rings. The minimum absolute atomic E-state index is 0. The molecule has 1 saturated heterocycles. The van der Waals surface area contributed by atoms with Crippen LogP contribution in [0.3, 0.4) is 0 Å². The minimum Gasteiger partial charge on any atom is -0.334 e. The fraction of sp³-hybridized carbons (Fsp3) is 0.500. The number of nitrogens with two attached hydrogens (primary N) is 1. The van der Waals surface area contributed by atoms with Crippen molar-refractivity contribution in [2.24, 2.45) is 11.7 Å². The lowest BCUT2D eigenvalue weighted by atomic mass is 9.90. The maximum Gasteiger partial charge on any atom is 0.254 e. The summed E-state index contributed by atoms with van der Waals surface area (Å²) in [6, 6.07) is 5.60. The molecule has 2 N–H and O–H groups in total. The van der Waals surface area contributed by atoms with Gasteiger partial charge in [0.05, 0.1) is 5.02 Å². The van der Waals surface area contributed by atoms with E-state index in [1.165, 1.54) is 0 Å². The number of carbonyl (C=O) groups excluding carboxylic acids is 1. The molecule has 6 heteroatoms. The van der Waals surface area contributed by atoms with Gasteiger partial charge in [0, 0.05) is 28.3 Å². The summed E-state index contributed by atoms with van der Waals surface area (Å²) < 4.78 is 0.957. The molecule has 20 heavy (non-hydrogen) atoms. The zero-order valence-corrected chi connectivity index (χ0v) is 15.0. The van der Waals surface area contributed by atoms with Crippen LogP contribution in [0.2, 0.25) is 5.02 Å². The average molecular weight is 429 g/mol. The first-order chi connectivity index (χ1) is 9.04. The molecular formula is C14H19Cl2IN2O. The quantitative estimate of drug-likeness (QED) is 0.732. The molecule has 1 heterocycles. The van der Waals surface area contributed by atoms with Crippen LogP contribution in [0.1, 0.15) is 30.1 Å². The van der Waals surface area contributed by atoms with Gasteiger partial charge in [-0.15, -0.1) is 12.4 Å². The van der Waals surface area contributed by atoms with E-state index in [0.717, 1.165) is 23.0 Å². The molecule has 1 fully saturated rings. The molecule has 0 bridgehead atoms. The van der Waals surface area contributed by atoms with Crippen LogP contribution in [-0.4, -0.2) is 29.9 Å². The van der Waals surface area contributed by atoms with Gasteiger partial charge in [-0.2, -0.15) is 0 Å². The highest BCUT2D eigenvalue weighted by Crippen LogP contribution is 2.26. The average Bonchev–Trinajstić information content (AvgIpc) is 2.40. The smallest absolute Gasteiger partial charge is 0.254 e. The molecule has 1 aliphatic heterocycles. The van der Waals surface area contributed by atoms with Gasteiger partial charge in [-0.1, -0.05) is 18.5 Å².